The van der Waals surface area contributed by atoms with Crippen LogP contribution in [0.2, 0.25) is 0 Å². The van der Waals surface area contributed by atoms with Gasteiger partial charge in [0.15, 0.2) is 5.65 Å². The average Bonchev–Trinajstić information content (AvgIpc) is 2.82. The highest BCUT2D eigenvalue weighted by molar-refractivity contribution is 9.10. The fraction of sp³-hybridized carbons (Fsp3) is 0.500. The van der Waals surface area contributed by atoms with Crippen LogP contribution in [0.4, 0.5) is 0 Å². The van der Waals surface area contributed by atoms with E-state index < -0.39 is 0 Å². The highest BCUT2D eigenvalue weighted by atomic mass is 79.9. The Balaban J connectivity index is 2.05. The first-order valence-corrected chi connectivity index (χ1v) is 7.86. The number of rotatable bonds is 6. The van der Waals surface area contributed by atoms with Crippen molar-refractivity contribution in [3.05, 3.63) is 23.2 Å². The molecule has 4 nitrogen and oxygen atoms in total. The lowest BCUT2D eigenvalue weighted by molar-refractivity contribution is 0.324. The molecule has 0 aromatic carbocycles. The lowest BCUT2D eigenvalue weighted by Crippen LogP contribution is -2.25. The topological polar surface area (TPSA) is 33.4 Å². The van der Waals surface area contributed by atoms with Crippen LogP contribution in [0.3, 0.4) is 0 Å². The van der Waals surface area contributed by atoms with Gasteiger partial charge in [0.1, 0.15) is 9.63 Å². The van der Waals surface area contributed by atoms with Gasteiger partial charge in [-0.15, -0.1) is 11.8 Å². The minimum atomic E-state index is 0.846. The Labute approximate surface area is 120 Å². The fourth-order valence-corrected chi connectivity index (χ4v) is 3.29. The predicted octanol–water partition coefficient (Wildman–Crippen LogP) is 2.93. The summed E-state index contributed by atoms with van der Waals surface area (Å²) in [5.74, 6) is 1.04. The van der Waals surface area contributed by atoms with Gasteiger partial charge in [-0.2, -0.15) is 0 Å². The standard InChI is InChI=1S/C12H17BrN4S/c1-3-16(4-2)7-8-18-12-11-14-5-6-17(11)9-10(13)15-12/h5-6,9H,3-4,7-8H2,1-2H3. The van der Waals surface area contributed by atoms with Gasteiger partial charge in [0.2, 0.25) is 0 Å². The van der Waals surface area contributed by atoms with E-state index in [4.69, 9.17) is 0 Å². The summed E-state index contributed by atoms with van der Waals surface area (Å²) >= 11 is 5.19. The SMILES string of the molecule is CCN(CC)CCSc1nc(Br)cn2ccnc12. The van der Waals surface area contributed by atoms with E-state index in [-0.39, 0.29) is 0 Å². The van der Waals surface area contributed by atoms with Crippen molar-refractivity contribution in [3.63, 3.8) is 0 Å². The Kier molecular flexibility index (Phi) is 5.03. The summed E-state index contributed by atoms with van der Waals surface area (Å²) in [5.41, 5.74) is 0.933. The van der Waals surface area contributed by atoms with E-state index in [1.54, 1.807) is 18.0 Å². The third-order valence-electron chi connectivity index (χ3n) is 2.85. The first kappa shape index (κ1) is 13.8. The molecule has 0 aliphatic rings. The molecule has 18 heavy (non-hydrogen) atoms. The predicted molar refractivity (Wildman–Crippen MR) is 79.2 cm³/mol. The van der Waals surface area contributed by atoms with E-state index in [1.807, 2.05) is 16.8 Å². The monoisotopic (exact) mass is 328 g/mol. The molecule has 0 bridgehead atoms. The van der Waals surface area contributed by atoms with E-state index >= 15 is 0 Å². The van der Waals surface area contributed by atoms with E-state index in [0.29, 0.717) is 0 Å². The second-order valence-electron chi connectivity index (χ2n) is 3.90. The van der Waals surface area contributed by atoms with Gasteiger partial charge < -0.3 is 9.30 Å². The molecule has 2 aromatic heterocycles. The Hall–Kier alpha value is -0.590. The van der Waals surface area contributed by atoms with Crippen LogP contribution < -0.4 is 0 Å². The summed E-state index contributed by atoms with van der Waals surface area (Å²) in [7, 11) is 0. The van der Waals surface area contributed by atoms with E-state index in [0.717, 1.165) is 40.7 Å². The number of fused-ring (bicyclic) bond motifs is 1. The van der Waals surface area contributed by atoms with Crippen molar-refractivity contribution in [2.45, 2.75) is 18.9 Å². The molecular weight excluding hydrogens is 312 g/mol. The van der Waals surface area contributed by atoms with Crippen molar-refractivity contribution < 1.29 is 0 Å². The number of hydrogen-bond donors (Lipinski definition) is 0. The van der Waals surface area contributed by atoms with E-state index in [2.05, 4.69) is 44.6 Å². The summed E-state index contributed by atoms with van der Waals surface area (Å²) in [6.45, 7) is 7.67. The third kappa shape index (κ3) is 3.24. The molecule has 2 heterocycles. The summed E-state index contributed by atoms with van der Waals surface area (Å²) in [6.07, 6.45) is 5.67. The smallest absolute Gasteiger partial charge is 0.169 e. The van der Waals surface area contributed by atoms with Crippen LogP contribution in [0, 0.1) is 0 Å². The van der Waals surface area contributed by atoms with Crippen LogP contribution in [-0.4, -0.2) is 44.7 Å². The van der Waals surface area contributed by atoms with Crippen LogP contribution in [0.5, 0.6) is 0 Å². The summed E-state index contributed by atoms with van der Waals surface area (Å²) < 4.78 is 2.84. The Morgan fingerprint density at radius 1 is 1.39 bits per heavy atom. The summed E-state index contributed by atoms with van der Waals surface area (Å²) in [4.78, 5) is 11.3. The quantitative estimate of drug-likeness (QED) is 0.763. The molecule has 6 heteroatoms. The molecular formula is C12H17BrN4S. The third-order valence-corrected chi connectivity index (χ3v) is 4.17. The number of imidazole rings is 1. The average molecular weight is 329 g/mol. The normalized spacial score (nSPS) is 11.6. The Bertz CT molecular complexity index is 510. The van der Waals surface area contributed by atoms with Crippen molar-refractivity contribution in [2.75, 3.05) is 25.4 Å². The number of thioether (sulfide) groups is 1. The first-order chi connectivity index (χ1) is 8.74. The van der Waals surface area contributed by atoms with Crippen molar-refractivity contribution in [1.29, 1.82) is 0 Å². The molecule has 0 N–H and O–H groups in total. The molecule has 0 spiro atoms. The second kappa shape index (κ2) is 6.54. The first-order valence-electron chi connectivity index (χ1n) is 6.09. The van der Waals surface area contributed by atoms with Crippen LogP contribution in [0.1, 0.15) is 13.8 Å². The molecule has 0 aliphatic carbocycles. The van der Waals surface area contributed by atoms with Gasteiger partial charge in [0, 0.05) is 30.9 Å². The number of aromatic nitrogens is 3. The zero-order valence-corrected chi connectivity index (χ0v) is 13.0. The molecule has 0 unspecified atom stereocenters. The van der Waals surface area contributed by atoms with Crippen LogP contribution in [-0.2, 0) is 0 Å². The maximum absolute atomic E-state index is 4.50. The summed E-state index contributed by atoms with van der Waals surface area (Å²) in [6, 6.07) is 0. The molecule has 0 amide bonds. The van der Waals surface area contributed by atoms with E-state index in [1.165, 1.54) is 0 Å². The number of halogens is 1. The lowest BCUT2D eigenvalue weighted by Gasteiger charge is -2.17. The van der Waals surface area contributed by atoms with Gasteiger partial charge in [0.25, 0.3) is 0 Å². The molecule has 0 atom stereocenters. The largest absolute Gasteiger partial charge is 0.303 e. The van der Waals surface area contributed by atoms with Crippen LogP contribution in [0.25, 0.3) is 5.65 Å². The van der Waals surface area contributed by atoms with Gasteiger partial charge in [-0.3, -0.25) is 0 Å². The van der Waals surface area contributed by atoms with Crippen molar-refractivity contribution in [1.82, 2.24) is 19.3 Å². The van der Waals surface area contributed by atoms with Gasteiger partial charge >= 0.3 is 0 Å². The zero-order chi connectivity index (χ0) is 13.0. The minimum Gasteiger partial charge on any atom is -0.303 e. The van der Waals surface area contributed by atoms with E-state index in [9.17, 15) is 0 Å². The van der Waals surface area contributed by atoms with Gasteiger partial charge in [-0.05, 0) is 29.0 Å². The molecule has 98 valence electrons. The Morgan fingerprint density at radius 2 is 2.17 bits per heavy atom. The maximum atomic E-state index is 4.50. The number of nitrogens with zero attached hydrogens (tertiary/aromatic N) is 4. The molecule has 2 rings (SSSR count). The molecule has 0 saturated carbocycles. The van der Waals surface area contributed by atoms with Crippen LogP contribution in [0.15, 0.2) is 28.2 Å². The van der Waals surface area contributed by atoms with Crippen LogP contribution >= 0.6 is 27.7 Å². The van der Waals surface area contributed by atoms with Gasteiger partial charge in [-0.1, -0.05) is 13.8 Å². The maximum Gasteiger partial charge on any atom is 0.169 e. The molecule has 0 saturated heterocycles. The van der Waals surface area contributed by atoms with Crippen molar-refractivity contribution in [3.8, 4) is 0 Å². The molecule has 2 aromatic rings. The Morgan fingerprint density at radius 3 is 2.89 bits per heavy atom. The summed E-state index contributed by atoms with van der Waals surface area (Å²) in [5, 5.41) is 0.988. The van der Waals surface area contributed by atoms with Crippen molar-refractivity contribution in [2.24, 2.45) is 0 Å². The highest BCUT2D eigenvalue weighted by Gasteiger charge is 2.07. The molecule has 0 aliphatic heterocycles. The highest BCUT2D eigenvalue weighted by Crippen LogP contribution is 2.22. The van der Waals surface area contributed by atoms with Gasteiger partial charge in [-0.25, -0.2) is 9.97 Å². The zero-order valence-electron chi connectivity index (χ0n) is 10.6. The van der Waals surface area contributed by atoms with Crippen molar-refractivity contribution >= 4 is 33.3 Å². The fourth-order valence-electron chi connectivity index (χ4n) is 1.78. The minimum absolute atomic E-state index is 0.846. The lowest BCUT2D eigenvalue weighted by atomic mass is 10.5. The molecule has 0 fully saturated rings. The second-order valence-corrected chi connectivity index (χ2v) is 5.80. The molecule has 0 radical (unpaired) electrons. The van der Waals surface area contributed by atoms with Gasteiger partial charge in [0.05, 0.1) is 0 Å². The number of hydrogen-bond acceptors (Lipinski definition) is 4.